The van der Waals surface area contributed by atoms with Crippen molar-refractivity contribution < 1.29 is 43.2 Å². The maximum Gasteiger partial charge on any atom is 0.337 e. The van der Waals surface area contributed by atoms with E-state index in [0.717, 1.165) is 19.3 Å². The molecule has 2 saturated carbocycles. The van der Waals surface area contributed by atoms with Gasteiger partial charge in [-0.2, -0.15) is 0 Å². The number of rotatable bonds is 5. The molecule has 1 spiro atoms. The third kappa shape index (κ3) is 3.78. The Bertz CT molecular complexity index is 1410. The lowest BCUT2D eigenvalue weighted by atomic mass is 9.51. The van der Waals surface area contributed by atoms with E-state index in [2.05, 4.69) is 11.8 Å². The minimum atomic E-state index is -1.23. The summed E-state index contributed by atoms with van der Waals surface area (Å²) in [5, 5.41) is 12.6. The molecule has 1 aromatic rings. The van der Waals surface area contributed by atoms with Crippen LogP contribution >= 0.6 is 0 Å². The highest BCUT2D eigenvalue weighted by molar-refractivity contribution is 5.93. The van der Waals surface area contributed by atoms with Gasteiger partial charge >= 0.3 is 23.9 Å². The SMILES string of the molecule is COC(=O)C1=C2[C@]3([C@H]4C[C@H]5[C@H](CC[C@H](C)N53)[C@@]2(O)C4)[C@H]2CC[C@@H](OC(C)=O)[C@@H](C(=O)Oc3ccccc3)[C@@H]2[C@H]1OC(C)=O. The third-order valence-electron chi connectivity index (χ3n) is 11.5. The first-order valence-electron chi connectivity index (χ1n) is 15.5. The quantitative estimate of drug-likeness (QED) is 0.309. The molecule has 3 saturated heterocycles. The molecule has 5 fully saturated rings. The molecular formula is C33H39NO9. The second-order valence-electron chi connectivity index (χ2n) is 13.4. The number of hydrogen-bond acceptors (Lipinski definition) is 10. The minimum absolute atomic E-state index is 0.0454. The van der Waals surface area contributed by atoms with E-state index in [-0.39, 0.29) is 35.4 Å². The van der Waals surface area contributed by atoms with Crippen molar-refractivity contribution in [2.45, 2.75) is 94.7 Å². The molecule has 10 nitrogen and oxygen atoms in total. The van der Waals surface area contributed by atoms with Crippen LogP contribution < -0.4 is 4.74 Å². The van der Waals surface area contributed by atoms with Crippen molar-refractivity contribution in [3.05, 3.63) is 41.5 Å². The molecule has 43 heavy (non-hydrogen) atoms. The molecule has 1 aromatic carbocycles. The number of methoxy groups -OCH3 is 1. The number of piperidine rings is 2. The number of esters is 4. The number of aliphatic hydroxyl groups is 1. The summed E-state index contributed by atoms with van der Waals surface area (Å²) < 4.78 is 23.1. The van der Waals surface area contributed by atoms with Crippen LogP contribution in [0, 0.1) is 29.6 Å². The minimum Gasteiger partial charge on any atom is -0.466 e. The first kappa shape index (κ1) is 28.5. The second kappa shape index (κ2) is 9.89. The molecule has 12 atom stereocenters. The van der Waals surface area contributed by atoms with Crippen LogP contribution in [-0.2, 0) is 33.4 Å². The summed E-state index contributed by atoms with van der Waals surface area (Å²) in [6.45, 7) is 4.77. The monoisotopic (exact) mass is 593 g/mol. The zero-order chi connectivity index (χ0) is 30.4. The smallest absolute Gasteiger partial charge is 0.337 e. The summed E-state index contributed by atoms with van der Waals surface area (Å²) in [6, 6.07) is 9.00. The van der Waals surface area contributed by atoms with Crippen LogP contribution in [0.4, 0.5) is 0 Å². The van der Waals surface area contributed by atoms with Gasteiger partial charge < -0.3 is 24.1 Å². The predicted octanol–water partition coefficient (Wildman–Crippen LogP) is 2.96. The topological polar surface area (TPSA) is 129 Å². The number of fused-ring (bicyclic) bond motifs is 2. The van der Waals surface area contributed by atoms with Crippen LogP contribution in [0.25, 0.3) is 0 Å². The molecule has 1 unspecified atom stereocenters. The van der Waals surface area contributed by atoms with Gasteiger partial charge in [0.15, 0.2) is 0 Å². The van der Waals surface area contributed by atoms with Crippen molar-refractivity contribution in [1.29, 1.82) is 0 Å². The summed E-state index contributed by atoms with van der Waals surface area (Å²) >= 11 is 0. The van der Waals surface area contributed by atoms with Crippen molar-refractivity contribution in [2.75, 3.05) is 7.11 Å². The van der Waals surface area contributed by atoms with Gasteiger partial charge in [0.2, 0.25) is 0 Å². The van der Waals surface area contributed by atoms with Gasteiger partial charge in [-0.05, 0) is 75.0 Å². The van der Waals surface area contributed by atoms with Crippen LogP contribution in [0.1, 0.15) is 59.3 Å². The van der Waals surface area contributed by atoms with E-state index in [9.17, 15) is 24.3 Å². The number of benzene rings is 1. The maximum absolute atomic E-state index is 14.2. The summed E-state index contributed by atoms with van der Waals surface area (Å²) in [7, 11) is 1.28. The first-order chi connectivity index (χ1) is 20.5. The van der Waals surface area contributed by atoms with E-state index >= 15 is 0 Å². The van der Waals surface area contributed by atoms with Gasteiger partial charge in [0, 0.05) is 37.8 Å². The Morgan fingerprint density at radius 3 is 2.33 bits per heavy atom. The van der Waals surface area contributed by atoms with Gasteiger partial charge in [-0.1, -0.05) is 18.2 Å². The standard InChI is InChI=1S/C33H39NO9/c1-16-10-11-21-23-14-19-15-32(21,39)29-27(30(37)40-4)28(42-18(3)36)25-22(33(19,29)34(16)23)12-13-24(41-17(2)35)26(25)31(38)43-20-8-6-5-7-9-20/h5-9,16,19,21-26,28,39H,10-15H2,1-4H3/t16-,19-,21-,22-,23-,24+,25+,26+,28+,32-,33-/m0/s1. The molecule has 6 aliphatic rings. The van der Waals surface area contributed by atoms with Crippen molar-refractivity contribution in [2.24, 2.45) is 29.6 Å². The zero-order valence-electron chi connectivity index (χ0n) is 25.0. The van der Waals surface area contributed by atoms with Crippen LogP contribution in [0.15, 0.2) is 41.5 Å². The molecular weight excluding hydrogens is 554 g/mol. The lowest BCUT2D eigenvalue weighted by molar-refractivity contribution is -0.190. The number of ether oxygens (including phenoxy) is 4. The fraction of sp³-hybridized carbons (Fsp3) is 0.636. The Morgan fingerprint density at radius 1 is 0.953 bits per heavy atom. The summed E-state index contributed by atoms with van der Waals surface area (Å²) in [5.74, 6) is -4.18. The number of nitrogens with zero attached hydrogens (tertiary/aromatic N) is 1. The number of hydrogen-bond donors (Lipinski definition) is 1. The molecule has 3 heterocycles. The summed E-state index contributed by atoms with van der Waals surface area (Å²) in [6.07, 6.45) is 2.06. The molecule has 3 aliphatic heterocycles. The highest BCUT2D eigenvalue weighted by Gasteiger charge is 2.81. The maximum atomic E-state index is 14.2. The number of carbonyl (C=O) groups is 4. The van der Waals surface area contributed by atoms with Gasteiger partial charge in [-0.25, -0.2) is 4.79 Å². The molecule has 0 aromatic heterocycles. The van der Waals surface area contributed by atoms with Gasteiger partial charge in [0.25, 0.3) is 0 Å². The zero-order valence-corrected chi connectivity index (χ0v) is 25.0. The van der Waals surface area contributed by atoms with E-state index in [4.69, 9.17) is 18.9 Å². The van der Waals surface area contributed by atoms with Crippen molar-refractivity contribution in [3.63, 3.8) is 0 Å². The third-order valence-corrected chi connectivity index (χ3v) is 11.5. The van der Waals surface area contributed by atoms with E-state index in [1.165, 1.54) is 21.0 Å². The average molecular weight is 594 g/mol. The van der Waals surface area contributed by atoms with Crippen LogP contribution in [-0.4, -0.2) is 76.4 Å². The van der Waals surface area contributed by atoms with E-state index in [1.54, 1.807) is 24.3 Å². The first-order valence-corrected chi connectivity index (χ1v) is 15.5. The predicted molar refractivity (Wildman–Crippen MR) is 150 cm³/mol. The Morgan fingerprint density at radius 2 is 1.65 bits per heavy atom. The van der Waals surface area contributed by atoms with E-state index < -0.39 is 59.1 Å². The largest absolute Gasteiger partial charge is 0.466 e. The fourth-order valence-corrected chi connectivity index (χ4v) is 10.7. The van der Waals surface area contributed by atoms with Crippen LogP contribution in [0.2, 0.25) is 0 Å². The average Bonchev–Trinajstić information content (AvgIpc) is 3.36. The molecule has 3 aliphatic carbocycles. The highest BCUT2D eigenvalue weighted by Crippen LogP contribution is 2.75. The number of para-hydroxylation sites is 1. The number of carbonyl (C=O) groups excluding carboxylic acids is 4. The van der Waals surface area contributed by atoms with Crippen LogP contribution in [0.3, 0.4) is 0 Å². The molecule has 0 radical (unpaired) electrons. The second-order valence-corrected chi connectivity index (χ2v) is 13.4. The molecule has 7 rings (SSSR count). The van der Waals surface area contributed by atoms with Crippen molar-refractivity contribution >= 4 is 23.9 Å². The molecule has 0 amide bonds. The molecule has 10 heteroatoms. The Kier molecular flexibility index (Phi) is 6.56. The van der Waals surface area contributed by atoms with Gasteiger partial charge in [-0.15, -0.1) is 0 Å². The lowest BCUT2D eigenvalue weighted by Gasteiger charge is -2.65. The highest BCUT2D eigenvalue weighted by atomic mass is 16.6. The normalized spacial score (nSPS) is 43.4. The summed E-state index contributed by atoms with van der Waals surface area (Å²) in [5.41, 5.74) is -1.18. The van der Waals surface area contributed by atoms with E-state index in [0.29, 0.717) is 30.6 Å². The van der Waals surface area contributed by atoms with Gasteiger partial charge in [-0.3, -0.25) is 19.3 Å². The Labute approximate surface area is 250 Å². The molecule has 230 valence electrons. The van der Waals surface area contributed by atoms with Gasteiger partial charge in [0.05, 0.1) is 23.8 Å². The Hall–Kier alpha value is -3.24. The van der Waals surface area contributed by atoms with Gasteiger partial charge in [0.1, 0.15) is 23.9 Å². The van der Waals surface area contributed by atoms with Crippen LogP contribution in [0.5, 0.6) is 5.75 Å². The molecule has 5 bridgehead atoms. The summed E-state index contributed by atoms with van der Waals surface area (Å²) in [4.78, 5) is 55.7. The van der Waals surface area contributed by atoms with E-state index in [1.807, 2.05) is 6.07 Å². The van der Waals surface area contributed by atoms with Crippen molar-refractivity contribution in [1.82, 2.24) is 4.90 Å². The fourth-order valence-electron chi connectivity index (χ4n) is 10.7. The Balaban J connectivity index is 1.47. The van der Waals surface area contributed by atoms with Crippen molar-refractivity contribution in [3.8, 4) is 5.75 Å². The molecule has 1 N–H and O–H groups in total. The lowest BCUT2D eigenvalue weighted by Crippen LogP contribution is -2.74.